The van der Waals surface area contributed by atoms with Crippen LogP contribution >= 0.6 is 0 Å². The van der Waals surface area contributed by atoms with E-state index in [9.17, 15) is 18.0 Å². The van der Waals surface area contributed by atoms with Crippen LogP contribution in [0.25, 0.3) is 0 Å². The number of sulfonamides is 1. The molecule has 0 fully saturated rings. The van der Waals surface area contributed by atoms with Gasteiger partial charge in [0.15, 0.2) is 6.61 Å². The summed E-state index contributed by atoms with van der Waals surface area (Å²) < 4.78 is 27.3. The molecule has 0 spiro atoms. The van der Waals surface area contributed by atoms with Crippen LogP contribution in [0, 0.1) is 13.8 Å². The number of primary sulfonamides is 1. The Bertz CT molecular complexity index is 905. The quantitative estimate of drug-likeness (QED) is 0.786. The standard InChI is InChI=1S/C17H18N2O5S/c1-11-3-4-13(9-12(11)2)17(21)24-10-16(20)19-14-5-7-15(8-6-14)25(18,22)23/h3-9H,10H2,1-2H3,(H,19,20)(H2,18,22,23). The van der Waals surface area contributed by atoms with E-state index in [1.54, 1.807) is 18.2 Å². The fourth-order valence-electron chi connectivity index (χ4n) is 2.01. The summed E-state index contributed by atoms with van der Waals surface area (Å²) in [6.07, 6.45) is 0. The second kappa shape index (κ2) is 7.45. The Morgan fingerprint density at radius 1 is 1.04 bits per heavy atom. The van der Waals surface area contributed by atoms with Gasteiger partial charge in [-0.15, -0.1) is 0 Å². The summed E-state index contributed by atoms with van der Waals surface area (Å²) >= 11 is 0. The van der Waals surface area contributed by atoms with Crippen molar-refractivity contribution in [1.82, 2.24) is 0 Å². The third-order valence-electron chi connectivity index (χ3n) is 3.54. The summed E-state index contributed by atoms with van der Waals surface area (Å²) in [4.78, 5) is 23.7. The summed E-state index contributed by atoms with van der Waals surface area (Å²) in [6, 6.07) is 10.5. The zero-order valence-corrected chi connectivity index (χ0v) is 14.6. The van der Waals surface area contributed by atoms with Gasteiger partial charge in [-0.2, -0.15) is 0 Å². The van der Waals surface area contributed by atoms with E-state index in [-0.39, 0.29) is 4.90 Å². The van der Waals surface area contributed by atoms with Crippen LogP contribution in [0.3, 0.4) is 0 Å². The molecule has 25 heavy (non-hydrogen) atoms. The lowest BCUT2D eigenvalue weighted by Crippen LogP contribution is -2.21. The van der Waals surface area contributed by atoms with Crippen LogP contribution < -0.4 is 10.5 Å². The van der Waals surface area contributed by atoms with Crippen molar-refractivity contribution < 1.29 is 22.7 Å². The lowest BCUT2D eigenvalue weighted by atomic mass is 10.1. The fraction of sp³-hybridized carbons (Fsp3) is 0.176. The van der Waals surface area contributed by atoms with Crippen molar-refractivity contribution in [3.63, 3.8) is 0 Å². The van der Waals surface area contributed by atoms with E-state index in [2.05, 4.69) is 5.32 Å². The number of benzene rings is 2. The van der Waals surface area contributed by atoms with Crippen LogP contribution in [0.4, 0.5) is 5.69 Å². The molecule has 0 aliphatic rings. The molecule has 132 valence electrons. The van der Waals surface area contributed by atoms with Crippen molar-refractivity contribution >= 4 is 27.6 Å². The highest BCUT2D eigenvalue weighted by molar-refractivity contribution is 7.89. The van der Waals surface area contributed by atoms with Gasteiger partial charge < -0.3 is 10.1 Å². The molecule has 2 rings (SSSR count). The van der Waals surface area contributed by atoms with Crippen LogP contribution in [-0.4, -0.2) is 26.9 Å². The first-order chi connectivity index (χ1) is 11.7. The van der Waals surface area contributed by atoms with E-state index in [4.69, 9.17) is 9.88 Å². The number of nitrogens with two attached hydrogens (primary N) is 1. The van der Waals surface area contributed by atoms with Gasteiger partial charge in [-0.25, -0.2) is 18.4 Å². The van der Waals surface area contributed by atoms with Crippen molar-refractivity contribution in [1.29, 1.82) is 0 Å². The number of carbonyl (C=O) groups is 2. The molecule has 8 heteroatoms. The maximum atomic E-state index is 11.9. The zero-order chi connectivity index (χ0) is 18.6. The van der Waals surface area contributed by atoms with Crippen LogP contribution in [-0.2, 0) is 19.6 Å². The highest BCUT2D eigenvalue weighted by atomic mass is 32.2. The van der Waals surface area contributed by atoms with Crippen molar-refractivity contribution in [3.8, 4) is 0 Å². The molecule has 1 amide bonds. The predicted octanol–water partition coefficient (Wildman–Crippen LogP) is 1.75. The molecule has 0 unspecified atom stereocenters. The molecule has 3 N–H and O–H groups in total. The van der Waals surface area contributed by atoms with E-state index >= 15 is 0 Å². The van der Waals surface area contributed by atoms with E-state index in [1.165, 1.54) is 24.3 Å². The number of anilines is 1. The third kappa shape index (κ3) is 5.13. The van der Waals surface area contributed by atoms with E-state index in [1.807, 2.05) is 13.8 Å². The highest BCUT2D eigenvalue weighted by Crippen LogP contribution is 2.13. The first-order valence-corrected chi connectivity index (χ1v) is 8.88. The molecule has 2 aromatic carbocycles. The normalized spacial score (nSPS) is 11.0. The highest BCUT2D eigenvalue weighted by Gasteiger charge is 2.12. The topological polar surface area (TPSA) is 116 Å². The van der Waals surface area contributed by atoms with Gasteiger partial charge in [0.05, 0.1) is 10.5 Å². The van der Waals surface area contributed by atoms with Gasteiger partial charge in [0, 0.05) is 5.69 Å². The summed E-state index contributed by atoms with van der Waals surface area (Å²) in [5.74, 6) is -1.14. The second-order valence-corrected chi connectivity index (χ2v) is 7.05. The molecule has 0 aliphatic carbocycles. The van der Waals surface area contributed by atoms with Crippen molar-refractivity contribution in [2.75, 3.05) is 11.9 Å². The minimum atomic E-state index is -3.79. The van der Waals surface area contributed by atoms with Gasteiger partial charge in [0.1, 0.15) is 0 Å². The SMILES string of the molecule is Cc1ccc(C(=O)OCC(=O)Nc2ccc(S(N)(=O)=O)cc2)cc1C. The average Bonchev–Trinajstić information content (AvgIpc) is 2.55. The number of nitrogens with one attached hydrogen (secondary N) is 1. The number of carbonyl (C=O) groups excluding carboxylic acids is 2. The van der Waals surface area contributed by atoms with Crippen LogP contribution in [0.1, 0.15) is 21.5 Å². The summed E-state index contributed by atoms with van der Waals surface area (Å²) in [5, 5.41) is 7.49. The second-order valence-electron chi connectivity index (χ2n) is 5.49. The van der Waals surface area contributed by atoms with Crippen molar-refractivity contribution in [2.45, 2.75) is 18.7 Å². The summed E-state index contributed by atoms with van der Waals surface area (Å²) in [7, 11) is -3.79. The molecule has 2 aromatic rings. The lowest BCUT2D eigenvalue weighted by Gasteiger charge is -2.08. The Morgan fingerprint density at radius 2 is 1.68 bits per heavy atom. The Kier molecular flexibility index (Phi) is 5.55. The van der Waals surface area contributed by atoms with Gasteiger partial charge in [-0.1, -0.05) is 6.07 Å². The minimum absolute atomic E-state index is 0.0633. The smallest absolute Gasteiger partial charge is 0.338 e. The third-order valence-corrected chi connectivity index (χ3v) is 4.47. The molecule has 0 saturated heterocycles. The molecular formula is C17H18N2O5S. The monoisotopic (exact) mass is 362 g/mol. The summed E-state index contributed by atoms with van der Waals surface area (Å²) in [5.41, 5.74) is 2.74. The maximum Gasteiger partial charge on any atom is 0.338 e. The summed E-state index contributed by atoms with van der Waals surface area (Å²) in [6.45, 7) is 3.35. The van der Waals surface area contributed by atoms with Crippen LogP contribution in [0.15, 0.2) is 47.4 Å². The van der Waals surface area contributed by atoms with E-state index < -0.39 is 28.5 Å². The number of amides is 1. The Hall–Kier alpha value is -2.71. The van der Waals surface area contributed by atoms with Crippen LogP contribution in [0.2, 0.25) is 0 Å². The van der Waals surface area contributed by atoms with Crippen molar-refractivity contribution in [3.05, 3.63) is 59.2 Å². The van der Waals surface area contributed by atoms with Gasteiger partial charge in [-0.3, -0.25) is 4.79 Å². The maximum absolute atomic E-state index is 11.9. The molecule has 0 saturated carbocycles. The van der Waals surface area contributed by atoms with Gasteiger partial charge >= 0.3 is 5.97 Å². The Balaban J connectivity index is 1.92. The number of ether oxygens (including phenoxy) is 1. The molecule has 0 bridgehead atoms. The number of aryl methyl sites for hydroxylation is 2. The van der Waals surface area contributed by atoms with Gasteiger partial charge in [-0.05, 0) is 61.4 Å². The van der Waals surface area contributed by atoms with Crippen LogP contribution in [0.5, 0.6) is 0 Å². The van der Waals surface area contributed by atoms with E-state index in [0.717, 1.165) is 11.1 Å². The number of hydrogen-bond donors (Lipinski definition) is 2. The van der Waals surface area contributed by atoms with E-state index in [0.29, 0.717) is 11.3 Å². The molecular weight excluding hydrogens is 344 g/mol. The molecule has 0 radical (unpaired) electrons. The first kappa shape index (κ1) is 18.6. The average molecular weight is 362 g/mol. The number of esters is 1. The molecule has 0 atom stereocenters. The predicted molar refractivity (Wildman–Crippen MR) is 92.6 cm³/mol. The molecule has 0 aromatic heterocycles. The fourth-order valence-corrected chi connectivity index (χ4v) is 2.52. The lowest BCUT2D eigenvalue weighted by molar-refractivity contribution is -0.119. The number of rotatable bonds is 5. The molecule has 0 heterocycles. The van der Waals surface area contributed by atoms with Gasteiger partial charge in [0.2, 0.25) is 10.0 Å². The number of hydrogen-bond acceptors (Lipinski definition) is 5. The largest absolute Gasteiger partial charge is 0.452 e. The molecule has 0 aliphatic heterocycles. The Morgan fingerprint density at radius 3 is 2.24 bits per heavy atom. The molecule has 7 nitrogen and oxygen atoms in total. The van der Waals surface area contributed by atoms with Gasteiger partial charge in [0.25, 0.3) is 5.91 Å². The minimum Gasteiger partial charge on any atom is -0.452 e. The van der Waals surface area contributed by atoms with Crippen molar-refractivity contribution in [2.24, 2.45) is 5.14 Å². The zero-order valence-electron chi connectivity index (χ0n) is 13.8. The first-order valence-electron chi connectivity index (χ1n) is 7.34. The Labute approximate surface area is 145 Å².